The molecule has 158 valence electrons. The summed E-state index contributed by atoms with van der Waals surface area (Å²) in [7, 11) is -2.78. The number of nitrogens with one attached hydrogen (secondary N) is 1. The first-order valence-electron chi connectivity index (χ1n) is 8.95. The van der Waals surface area contributed by atoms with E-state index in [4.69, 9.17) is 4.74 Å². The molecular weight excluding hydrogens is 417 g/mol. The third kappa shape index (κ3) is 4.98. The Balaban J connectivity index is 1.75. The molecule has 1 aromatic heterocycles. The van der Waals surface area contributed by atoms with E-state index in [1.807, 2.05) is 24.3 Å². The second-order valence-corrected chi connectivity index (χ2v) is 8.15. The van der Waals surface area contributed by atoms with Gasteiger partial charge in [0.2, 0.25) is 10.0 Å². The van der Waals surface area contributed by atoms with Crippen LogP contribution in [0.4, 0.5) is 13.2 Å². The largest absolute Gasteiger partial charge is 0.494 e. The topological polar surface area (TPSA) is 68.3 Å². The minimum Gasteiger partial charge on any atom is -0.494 e. The first-order valence-corrected chi connectivity index (χ1v) is 10.4. The molecule has 0 bridgehead atoms. The second-order valence-electron chi connectivity index (χ2n) is 6.42. The Kier molecular flexibility index (Phi) is 6.42. The van der Waals surface area contributed by atoms with Crippen molar-refractivity contribution in [1.29, 1.82) is 0 Å². The molecule has 0 amide bonds. The molecule has 0 radical (unpaired) electrons. The molecule has 0 fully saturated rings. The van der Waals surface area contributed by atoms with E-state index in [1.165, 1.54) is 13.2 Å². The van der Waals surface area contributed by atoms with Crippen molar-refractivity contribution < 1.29 is 26.3 Å². The van der Waals surface area contributed by atoms with Gasteiger partial charge >= 0.3 is 6.18 Å². The number of rotatable bonds is 7. The van der Waals surface area contributed by atoms with Crippen LogP contribution in [0.3, 0.4) is 0 Å². The molecule has 3 rings (SSSR count). The van der Waals surface area contributed by atoms with Gasteiger partial charge in [-0.05, 0) is 35.7 Å². The van der Waals surface area contributed by atoms with Gasteiger partial charge in [-0.2, -0.15) is 13.2 Å². The third-order valence-corrected chi connectivity index (χ3v) is 5.95. The van der Waals surface area contributed by atoms with E-state index in [1.54, 1.807) is 18.5 Å². The van der Waals surface area contributed by atoms with Crippen molar-refractivity contribution >= 4 is 10.0 Å². The summed E-state index contributed by atoms with van der Waals surface area (Å²) >= 11 is 0. The maximum absolute atomic E-state index is 13.1. The number of halogens is 3. The van der Waals surface area contributed by atoms with Gasteiger partial charge in [-0.3, -0.25) is 4.98 Å². The number of hydrogen-bond acceptors (Lipinski definition) is 4. The van der Waals surface area contributed by atoms with Gasteiger partial charge in [0.25, 0.3) is 0 Å². The van der Waals surface area contributed by atoms with Crippen molar-refractivity contribution in [2.24, 2.45) is 0 Å². The van der Waals surface area contributed by atoms with Crippen molar-refractivity contribution in [3.05, 3.63) is 78.1 Å². The smallest absolute Gasteiger partial charge is 0.417 e. The van der Waals surface area contributed by atoms with E-state index in [2.05, 4.69) is 9.71 Å². The van der Waals surface area contributed by atoms with Crippen molar-refractivity contribution in [2.75, 3.05) is 13.7 Å². The van der Waals surface area contributed by atoms with Crippen molar-refractivity contribution in [3.8, 4) is 16.9 Å². The first-order chi connectivity index (χ1) is 14.2. The molecule has 0 atom stereocenters. The summed E-state index contributed by atoms with van der Waals surface area (Å²) in [6, 6.07) is 13.3. The monoisotopic (exact) mass is 436 g/mol. The van der Waals surface area contributed by atoms with Crippen LogP contribution in [0.25, 0.3) is 11.1 Å². The highest BCUT2D eigenvalue weighted by atomic mass is 32.2. The lowest BCUT2D eigenvalue weighted by Gasteiger charge is -2.14. The predicted molar refractivity (Wildman–Crippen MR) is 107 cm³/mol. The average molecular weight is 436 g/mol. The lowest BCUT2D eigenvalue weighted by molar-refractivity contribution is -0.139. The summed E-state index contributed by atoms with van der Waals surface area (Å²) in [4.78, 5) is 3.23. The number of sulfonamides is 1. The summed E-state index contributed by atoms with van der Waals surface area (Å²) in [6.07, 6.45) is -1.23. The minimum atomic E-state index is -4.76. The fraction of sp³-hybridized carbons (Fsp3) is 0.190. The van der Waals surface area contributed by atoms with E-state index in [0.717, 1.165) is 34.9 Å². The average Bonchev–Trinajstić information content (AvgIpc) is 2.73. The molecule has 0 spiro atoms. The number of benzene rings is 2. The fourth-order valence-corrected chi connectivity index (χ4v) is 4.28. The number of nitrogens with zero attached hydrogens (tertiary/aromatic N) is 1. The lowest BCUT2D eigenvalue weighted by Crippen LogP contribution is -2.28. The van der Waals surface area contributed by atoms with E-state index in [9.17, 15) is 21.6 Å². The number of hydrogen-bond donors (Lipinski definition) is 1. The maximum Gasteiger partial charge on any atom is 0.417 e. The molecule has 9 heteroatoms. The van der Waals surface area contributed by atoms with Gasteiger partial charge < -0.3 is 4.74 Å². The molecule has 5 nitrogen and oxygen atoms in total. The fourth-order valence-electron chi connectivity index (χ4n) is 3.02. The number of ether oxygens (including phenoxy) is 1. The lowest BCUT2D eigenvalue weighted by atomic mass is 10.0. The molecule has 0 aliphatic carbocycles. The molecule has 0 saturated heterocycles. The quantitative estimate of drug-likeness (QED) is 0.600. The molecular formula is C21H19F3N2O3S. The molecule has 2 aromatic carbocycles. The van der Waals surface area contributed by atoms with E-state index < -0.39 is 26.7 Å². The number of methoxy groups -OCH3 is 1. The molecule has 0 aliphatic rings. The van der Waals surface area contributed by atoms with Gasteiger partial charge in [0, 0.05) is 18.3 Å². The van der Waals surface area contributed by atoms with E-state index in [-0.39, 0.29) is 6.54 Å². The number of aromatic nitrogens is 1. The van der Waals surface area contributed by atoms with Crippen LogP contribution < -0.4 is 9.46 Å². The molecule has 3 aromatic rings. The van der Waals surface area contributed by atoms with E-state index >= 15 is 0 Å². The zero-order valence-corrected chi connectivity index (χ0v) is 16.8. The standard InChI is InChI=1S/C21H19F3N2O3S/c1-29-19-14-25-11-10-17(19)16-6-4-5-15(13-16)9-12-26-30(27,28)20-8-3-2-7-18(20)21(22,23)24/h2-8,10-11,13-14,26H,9,12H2,1H3. The van der Waals surface area contributed by atoms with Gasteiger partial charge in [0.05, 0.1) is 23.8 Å². The normalized spacial score (nSPS) is 12.0. The Morgan fingerprint density at radius 1 is 1.07 bits per heavy atom. The minimum absolute atomic E-state index is 0.0501. The van der Waals surface area contributed by atoms with Crippen LogP contribution in [0.5, 0.6) is 5.75 Å². The Morgan fingerprint density at radius 2 is 1.83 bits per heavy atom. The van der Waals surface area contributed by atoms with Gasteiger partial charge in [-0.15, -0.1) is 0 Å². The molecule has 30 heavy (non-hydrogen) atoms. The summed E-state index contributed by atoms with van der Waals surface area (Å²) < 4.78 is 71.8. The predicted octanol–water partition coefficient (Wildman–Crippen LogP) is 4.30. The maximum atomic E-state index is 13.1. The SMILES string of the molecule is COc1cnccc1-c1cccc(CCNS(=O)(=O)c2ccccc2C(F)(F)F)c1. The summed E-state index contributed by atoms with van der Waals surface area (Å²) in [5.74, 6) is 0.596. The highest BCUT2D eigenvalue weighted by Gasteiger charge is 2.36. The molecule has 0 aliphatic heterocycles. The third-order valence-electron chi connectivity index (χ3n) is 4.43. The summed E-state index contributed by atoms with van der Waals surface area (Å²) in [5.41, 5.74) is 1.31. The van der Waals surface area contributed by atoms with Crippen molar-refractivity contribution in [2.45, 2.75) is 17.5 Å². The van der Waals surface area contributed by atoms with Crippen LogP contribution in [0.15, 0.2) is 71.9 Å². The number of alkyl halides is 3. The molecule has 1 heterocycles. The second kappa shape index (κ2) is 8.85. The van der Waals surface area contributed by atoms with Gasteiger partial charge in [0.1, 0.15) is 5.75 Å². The zero-order chi connectivity index (χ0) is 21.8. The molecule has 0 unspecified atom stereocenters. The first kappa shape index (κ1) is 21.8. The van der Waals surface area contributed by atoms with Gasteiger partial charge in [-0.25, -0.2) is 13.1 Å². The molecule has 0 saturated carbocycles. The molecule has 1 N–H and O–H groups in total. The van der Waals surface area contributed by atoms with Crippen LogP contribution in [-0.4, -0.2) is 27.1 Å². The van der Waals surface area contributed by atoms with Crippen LogP contribution in [0.1, 0.15) is 11.1 Å². The van der Waals surface area contributed by atoms with Crippen molar-refractivity contribution in [1.82, 2.24) is 9.71 Å². The Bertz CT molecular complexity index is 1130. The van der Waals surface area contributed by atoms with Crippen LogP contribution in [-0.2, 0) is 22.6 Å². The van der Waals surface area contributed by atoms with Crippen molar-refractivity contribution in [3.63, 3.8) is 0 Å². The van der Waals surface area contributed by atoms with Gasteiger partial charge in [-0.1, -0.05) is 36.4 Å². The highest BCUT2D eigenvalue weighted by molar-refractivity contribution is 7.89. The van der Waals surface area contributed by atoms with Crippen LogP contribution >= 0.6 is 0 Å². The van der Waals surface area contributed by atoms with Crippen LogP contribution in [0.2, 0.25) is 0 Å². The highest BCUT2D eigenvalue weighted by Crippen LogP contribution is 2.34. The Labute approximate surface area is 172 Å². The van der Waals surface area contributed by atoms with Gasteiger partial charge in [0.15, 0.2) is 0 Å². The number of pyridine rings is 1. The summed E-state index contributed by atoms with van der Waals surface area (Å²) in [6.45, 7) is -0.0501. The Morgan fingerprint density at radius 3 is 2.57 bits per heavy atom. The summed E-state index contributed by atoms with van der Waals surface area (Å²) in [5, 5.41) is 0. The Hall–Kier alpha value is -2.91. The van der Waals surface area contributed by atoms with Crippen LogP contribution in [0, 0.1) is 0 Å². The zero-order valence-electron chi connectivity index (χ0n) is 16.0. The van der Waals surface area contributed by atoms with E-state index in [0.29, 0.717) is 12.2 Å².